The van der Waals surface area contributed by atoms with Crippen molar-refractivity contribution in [2.75, 3.05) is 0 Å². The molecule has 7 heteroatoms. The van der Waals surface area contributed by atoms with Gasteiger partial charge in [-0.3, -0.25) is 9.59 Å². The molecule has 1 amide bonds. The molecule has 1 atom stereocenters. The molecule has 0 spiro atoms. The predicted octanol–water partition coefficient (Wildman–Crippen LogP) is 3.05. The maximum atomic E-state index is 12.7. The first-order valence-corrected chi connectivity index (χ1v) is 9.94. The van der Waals surface area contributed by atoms with Crippen LogP contribution in [0.3, 0.4) is 0 Å². The average molecular weight is 424 g/mol. The third-order valence-electron chi connectivity index (χ3n) is 3.84. The number of aryl methyl sites for hydroxylation is 1. The van der Waals surface area contributed by atoms with Crippen molar-refractivity contribution in [2.24, 2.45) is 5.73 Å². The first-order valence-electron chi connectivity index (χ1n) is 7.60. The van der Waals surface area contributed by atoms with E-state index in [2.05, 4.69) is 15.9 Å². The van der Waals surface area contributed by atoms with Gasteiger partial charge in [0.1, 0.15) is 5.25 Å². The lowest BCUT2D eigenvalue weighted by Crippen LogP contribution is -2.36. The Morgan fingerprint density at radius 2 is 1.60 bits per heavy atom. The van der Waals surface area contributed by atoms with Gasteiger partial charge in [0, 0.05) is 16.5 Å². The molecule has 0 aliphatic heterocycles. The molecule has 0 unspecified atom stereocenters. The Kier molecular flexibility index (Phi) is 6.13. The van der Waals surface area contributed by atoms with Crippen LogP contribution < -0.4 is 5.73 Å². The Labute approximate surface area is 155 Å². The number of hydrogen-bond donors (Lipinski definition) is 1. The summed E-state index contributed by atoms with van der Waals surface area (Å²) in [6, 6.07) is 12.9. The molecule has 0 heterocycles. The van der Waals surface area contributed by atoms with E-state index in [4.69, 9.17) is 5.73 Å². The van der Waals surface area contributed by atoms with Crippen molar-refractivity contribution < 1.29 is 18.0 Å². The predicted molar refractivity (Wildman–Crippen MR) is 99.1 cm³/mol. The first-order chi connectivity index (χ1) is 11.7. The summed E-state index contributed by atoms with van der Waals surface area (Å²) >= 11 is 3.28. The summed E-state index contributed by atoms with van der Waals surface area (Å²) in [4.78, 5) is 24.0. The van der Waals surface area contributed by atoms with Gasteiger partial charge in [-0.2, -0.15) is 0 Å². The number of rotatable bonds is 7. The van der Waals surface area contributed by atoms with Crippen molar-refractivity contribution in [3.05, 3.63) is 64.1 Å². The summed E-state index contributed by atoms with van der Waals surface area (Å²) in [5.41, 5.74) is 6.66. The molecule has 2 aromatic rings. The lowest BCUT2D eigenvalue weighted by molar-refractivity contribution is -0.117. The highest BCUT2D eigenvalue weighted by atomic mass is 79.9. The highest BCUT2D eigenvalue weighted by Gasteiger charge is 2.32. The number of hydrogen-bond acceptors (Lipinski definition) is 4. The molecule has 0 aliphatic carbocycles. The summed E-state index contributed by atoms with van der Waals surface area (Å²) in [5.74, 6) is -1.19. The van der Waals surface area contributed by atoms with E-state index >= 15 is 0 Å². The van der Waals surface area contributed by atoms with Crippen LogP contribution in [0.5, 0.6) is 0 Å². The average Bonchev–Trinajstić information content (AvgIpc) is 2.55. The second-order valence-corrected chi connectivity index (χ2v) is 8.76. The van der Waals surface area contributed by atoms with E-state index in [1.54, 1.807) is 36.4 Å². The molecule has 2 aromatic carbocycles. The number of Topliss-reactive ketones (excluding diaryl/α,β-unsaturated/α-hetero) is 1. The van der Waals surface area contributed by atoms with Crippen LogP contribution in [0.1, 0.15) is 28.8 Å². The van der Waals surface area contributed by atoms with Crippen molar-refractivity contribution in [1.82, 2.24) is 0 Å². The van der Waals surface area contributed by atoms with Gasteiger partial charge in [0.15, 0.2) is 15.6 Å². The van der Waals surface area contributed by atoms with Crippen molar-refractivity contribution in [2.45, 2.75) is 29.9 Å². The van der Waals surface area contributed by atoms with Crippen molar-refractivity contribution >= 4 is 37.5 Å². The zero-order valence-electron chi connectivity index (χ0n) is 13.6. The van der Waals surface area contributed by atoms with Gasteiger partial charge in [-0.15, -0.1) is 0 Å². The standard InChI is InChI=1S/C18H18BrNO4S/c1-12-2-8-15(9-3-12)25(23,24)17(18(20)22)11-10-16(21)13-4-6-14(19)7-5-13/h2-9,17H,10-11H2,1H3,(H2,20,22)/t17-/m0/s1. The van der Waals surface area contributed by atoms with Gasteiger partial charge in [-0.05, 0) is 37.6 Å². The van der Waals surface area contributed by atoms with Crippen LogP contribution in [0.15, 0.2) is 57.9 Å². The van der Waals surface area contributed by atoms with Crippen LogP contribution in [0.2, 0.25) is 0 Å². The number of amides is 1. The molecule has 0 saturated heterocycles. The molecule has 0 bridgehead atoms. The topological polar surface area (TPSA) is 94.3 Å². The monoisotopic (exact) mass is 423 g/mol. The molecular weight excluding hydrogens is 406 g/mol. The van der Waals surface area contributed by atoms with E-state index in [0.717, 1.165) is 10.0 Å². The van der Waals surface area contributed by atoms with Crippen LogP contribution in [-0.2, 0) is 14.6 Å². The maximum absolute atomic E-state index is 12.7. The van der Waals surface area contributed by atoms with E-state index in [-0.39, 0.29) is 23.5 Å². The lowest BCUT2D eigenvalue weighted by atomic mass is 10.1. The highest BCUT2D eigenvalue weighted by molar-refractivity contribution is 9.10. The molecule has 2 N–H and O–H groups in total. The fourth-order valence-electron chi connectivity index (χ4n) is 2.38. The SMILES string of the molecule is Cc1ccc(S(=O)(=O)[C@@H](CCC(=O)c2ccc(Br)cc2)C(N)=O)cc1. The highest BCUT2D eigenvalue weighted by Crippen LogP contribution is 2.21. The van der Waals surface area contributed by atoms with Gasteiger partial charge < -0.3 is 5.73 Å². The minimum atomic E-state index is -3.94. The van der Waals surface area contributed by atoms with Gasteiger partial charge in [-0.25, -0.2) is 8.42 Å². The van der Waals surface area contributed by atoms with E-state index in [0.29, 0.717) is 5.56 Å². The summed E-state index contributed by atoms with van der Waals surface area (Å²) in [5, 5.41) is -1.44. The number of sulfone groups is 1. The Morgan fingerprint density at radius 3 is 2.12 bits per heavy atom. The minimum Gasteiger partial charge on any atom is -0.369 e. The zero-order valence-corrected chi connectivity index (χ0v) is 16.0. The smallest absolute Gasteiger partial charge is 0.236 e. The molecule has 2 rings (SSSR count). The fourth-order valence-corrected chi connectivity index (χ4v) is 4.23. The van der Waals surface area contributed by atoms with E-state index in [9.17, 15) is 18.0 Å². The van der Waals surface area contributed by atoms with E-state index < -0.39 is 21.0 Å². The number of primary amides is 1. The van der Waals surface area contributed by atoms with Gasteiger partial charge in [0.25, 0.3) is 0 Å². The second kappa shape index (κ2) is 7.93. The molecule has 0 fully saturated rings. The molecule has 0 aliphatic rings. The number of halogens is 1. The Morgan fingerprint density at radius 1 is 1.04 bits per heavy atom. The third kappa shape index (κ3) is 4.76. The van der Waals surface area contributed by atoms with Crippen molar-refractivity contribution in [3.8, 4) is 0 Å². The number of nitrogens with two attached hydrogens (primary N) is 1. The number of ketones is 1. The van der Waals surface area contributed by atoms with Crippen LogP contribution >= 0.6 is 15.9 Å². The number of carbonyl (C=O) groups is 2. The summed E-state index contributed by atoms with van der Waals surface area (Å²) in [6.45, 7) is 1.83. The van der Waals surface area contributed by atoms with Gasteiger partial charge in [-0.1, -0.05) is 45.8 Å². The van der Waals surface area contributed by atoms with Crippen molar-refractivity contribution in [3.63, 3.8) is 0 Å². The van der Waals surface area contributed by atoms with E-state index in [1.165, 1.54) is 12.1 Å². The second-order valence-electron chi connectivity index (χ2n) is 5.72. The zero-order chi connectivity index (χ0) is 18.6. The maximum Gasteiger partial charge on any atom is 0.236 e. The van der Waals surface area contributed by atoms with Crippen LogP contribution in [0, 0.1) is 6.92 Å². The largest absolute Gasteiger partial charge is 0.369 e. The van der Waals surface area contributed by atoms with Crippen molar-refractivity contribution in [1.29, 1.82) is 0 Å². The number of benzene rings is 2. The van der Waals surface area contributed by atoms with Gasteiger partial charge >= 0.3 is 0 Å². The van der Waals surface area contributed by atoms with Gasteiger partial charge in [0.2, 0.25) is 5.91 Å². The molecular formula is C18H18BrNO4S. The van der Waals surface area contributed by atoms with Gasteiger partial charge in [0.05, 0.1) is 4.90 Å². The summed E-state index contributed by atoms with van der Waals surface area (Å²) in [6.07, 6.45) is -0.235. The first kappa shape index (κ1) is 19.3. The minimum absolute atomic E-state index is 0.0259. The quantitative estimate of drug-likeness (QED) is 0.692. The third-order valence-corrected chi connectivity index (χ3v) is 6.52. The Balaban J connectivity index is 2.18. The molecule has 132 valence electrons. The number of carbonyl (C=O) groups excluding carboxylic acids is 2. The Hall–Kier alpha value is -1.99. The summed E-state index contributed by atoms with van der Waals surface area (Å²) in [7, 11) is -3.94. The van der Waals surface area contributed by atoms with E-state index in [1.807, 2.05) is 6.92 Å². The fraction of sp³-hybridized carbons (Fsp3) is 0.222. The molecule has 0 radical (unpaired) electrons. The van der Waals surface area contributed by atoms with Crippen LogP contribution in [-0.4, -0.2) is 25.4 Å². The Bertz CT molecular complexity index is 874. The molecule has 0 saturated carbocycles. The normalized spacial score (nSPS) is 12.6. The van der Waals surface area contributed by atoms with Crippen LogP contribution in [0.4, 0.5) is 0 Å². The molecule has 0 aromatic heterocycles. The summed E-state index contributed by atoms with van der Waals surface area (Å²) < 4.78 is 26.2. The lowest BCUT2D eigenvalue weighted by Gasteiger charge is -2.14. The van der Waals surface area contributed by atoms with Crippen LogP contribution in [0.25, 0.3) is 0 Å². The molecule has 5 nitrogen and oxygen atoms in total. The molecule has 25 heavy (non-hydrogen) atoms.